The van der Waals surface area contributed by atoms with Crippen molar-refractivity contribution in [2.24, 2.45) is 5.16 Å². The van der Waals surface area contributed by atoms with Gasteiger partial charge in [-0.25, -0.2) is 4.79 Å². The summed E-state index contributed by atoms with van der Waals surface area (Å²) in [7, 11) is 4.70. The maximum atomic E-state index is 11.8. The molecule has 7 nitrogen and oxygen atoms in total. The summed E-state index contributed by atoms with van der Waals surface area (Å²) in [6.07, 6.45) is 0.129. The van der Waals surface area contributed by atoms with Gasteiger partial charge in [-0.1, -0.05) is 5.16 Å². The predicted octanol–water partition coefficient (Wildman–Crippen LogP) is 0.759. The Hall–Kier alpha value is -1.34. The molecule has 0 unspecified atom stereocenters. The number of urea groups is 1. The van der Waals surface area contributed by atoms with Gasteiger partial charge in [-0.3, -0.25) is 5.32 Å². The van der Waals surface area contributed by atoms with Crippen molar-refractivity contribution in [3.8, 4) is 0 Å². The smallest absolute Gasteiger partial charge is 0.322 e. The zero-order valence-electron chi connectivity index (χ0n) is 11.5. The Kier molecular flexibility index (Phi) is 4.92. The van der Waals surface area contributed by atoms with Crippen LogP contribution in [0.5, 0.6) is 0 Å². The number of nitrogens with zero attached hydrogens (tertiary/aromatic N) is 2. The molecule has 0 aliphatic carbocycles. The van der Waals surface area contributed by atoms with Crippen molar-refractivity contribution in [2.45, 2.75) is 32.2 Å². The Bertz CT molecular complexity index is 326. The van der Waals surface area contributed by atoms with Gasteiger partial charge >= 0.3 is 6.03 Å². The minimum Gasteiger partial charge on any atom is -0.388 e. The first kappa shape index (κ1) is 14.7. The van der Waals surface area contributed by atoms with E-state index in [0.717, 1.165) is 0 Å². The van der Waals surface area contributed by atoms with Crippen LogP contribution in [0, 0.1) is 0 Å². The maximum absolute atomic E-state index is 11.8. The standard InChI is InChI=1S/C11H21N3O4/c1-11(2)6-8(13-18-11)12-10(15)14(3)7-9(16-4)17-5/h9H,6-7H2,1-5H3,(H,12,13,15). The van der Waals surface area contributed by atoms with E-state index in [1.807, 2.05) is 13.8 Å². The number of nitrogens with one attached hydrogen (secondary N) is 1. The fraction of sp³-hybridized carbons (Fsp3) is 0.818. The number of carbonyl (C=O) groups is 1. The second kappa shape index (κ2) is 6.01. The Morgan fingerprint density at radius 1 is 1.56 bits per heavy atom. The van der Waals surface area contributed by atoms with Gasteiger partial charge in [0.1, 0.15) is 5.60 Å². The van der Waals surface area contributed by atoms with Gasteiger partial charge in [0.2, 0.25) is 0 Å². The Labute approximate surface area is 107 Å². The van der Waals surface area contributed by atoms with Crippen LogP contribution in [0.2, 0.25) is 0 Å². The van der Waals surface area contributed by atoms with Crippen molar-refractivity contribution in [1.82, 2.24) is 10.2 Å². The number of hydrogen-bond acceptors (Lipinski definition) is 5. The lowest BCUT2D eigenvalue weighted by molar-refractivity contribution is -0.109. The molecule has 1 aliphatic heterocycles. The molecule has 7 heteroatoms. The number of amides is 2. The summed E-state index contributed by atoms with van der Waals surface area (Å²) < 4.78 is 10.0. The fourth-order valence-corrected chi connectivity index (χ4v) is 1.48. The zero-order chi connectivity index (χ0) is 13.8. The van der Waals surface area contributed by atoms with Crippen molar-refractivity contribution in [3.63, 3.8) is 0 Å². The highest BCUT2D eigenvalue weighted by Crippen LogP contribution is 2.21. The van der Waals surface area contributed by atoms with E-state index in [9.17, 15) is 4.79 Å². The van der Waals surface area contributed by atoms with Gasteiger partial charge < -0.3 is 19.2 Å². The van der Waals surface area contributed by atoms with E-state index < -0.39 is 6.29 Å². The van der Waals surface area contributed by atoms with Crippen LogP contribution in [0.1, 0.15) is 20.3 Å². The predicted molar refractivity (Wildman–Crippen MR) is 66.2 cm³/mol. The number of oxime groups is 1. The molecule has 0 saturated carbocycles. The van der Waals surface area contributed by atoms with Crippen molar-refractivity contribution < 1.29 is 19.1 Å². The molecule has 0 aromatic rings. The van der Waals surface area contributed by atoms with E-state index in [2.05, 4.69) is 10.5 Å². The first-order valence-corrected chi connectivity index (χ1v) is 5.70. The molecular formula is C11H21N3O4. The fourth-order valence-electron chi connectivity index (χ4n) is 1.48. The zero-order valence-corrected chi connectivity index (χ0v) is 11.5. The van der Waals surface area contributed by atoms with Gasteiger partial charge in [-0.15, -0.1) is 0 Å². The van der Waals surface area contributed by atoms with Gasteiger partial charge in [-0.2, -0.15) is 0 Å². The van der Waals surface area contributed by atoms with Gasteiger partial charge in [-0.05, 0) is 13.8 Å². The highest BCUT2D eigenvalue weighted by molar-refractivity contribution is 5.98. The monoisotopic (exact) mass is 259 g/mol. The Morgan fingerprint density at radius 2 is 2.17 bits per heavy atom. The summed E-state index contributed by atoms with van der Waals surface area (Å²) in [4.78, 5) is 18.5. The largest absolute Gasteiger partial charge is 0.388 e. The van der Waals surface area contributed by atoms with Gasteiger partial charge in [0.25, 0.3) is 0 Å². The quantitative estimate of drug-likeness (QED) is 0.756. The van der Waals surface area contributed by atoms with Crippen molar-refractivity contribution in [1.29, 1.82) is 0 Å². The number of likely N-dealkylation sites (N-methyl/N-ethyl adjacent to an activating group) is 1. The van der Waals surface area contributed by atoms with Gasteiger partial charge in [0.15, 0.2) is 12.1 Å². The molecule has 1 rings (SSSR count). The second-order valence-electron chi connectivity index (χ2n) is 4.78. The maximum Gasteiger partial charge on any atom is 0.322 e. The molecule has 0 radical (unpaired) electrons. The highest BCUT2D eigenvalue weighted by Gasteiger charge is 2.30. The summed E-state index contributed by atoms with van der Waals surface area (Å²) in [5.41, 5.74) is -0.358. The molecule has 0 spiro atoms. The first-order valence-electron chi connectivity index (χ1n) is 5.70. The number of rotatable bonds is 4. The minimum absolute atomic E-state index is 0.269. The lowest BCUT2D eigenvalue weighted by Gasteiger charge is -2.22. The summed E-state index contributed by atoms with van der Waals surface area (Å²) in [5, 5.41) is 6.51. The molecule has 2 amide bonds. The molecule has 0 aromatic heterocycles. The number of methoxy groups -OCH3 is 2. The first-order chi connectivity index (χ1) is 8.38. The van der Waals surface area contributed by atoms with Crippen molar-refractivity contribution in [2.75, 3.05) is 27.8 Å². The van der Waals surface area contributed by atoms with Crippen molar-refractivity contribution >= 4 is 11.9 Å². The molecule has 1 N–H and O–H groups in total. The highest BCUT2D eigenvalue weighted by atomic mass is 16.7. The van der Waals surface area contributed by atoms with E-state index in [1.165, 1.54) is 19.1 Å². The third kappa shape index (κ3) is 4.15. The molecule has 104 valence electrons. The van der Waals surface area contributed by atoms with Crippen molar-refractivity contribution in [3.05, 3.63) is 0 Å². The average Bonchev–Trinajstić information content (AvgIpc) is 2.65. The third-order valence-electron chi connectivity index (χ3n) is 2.54. The summed E-state index contributed by atoms with van der Waals surface area (Å²) >= 11 is 0. The van der Waals surface area contributed by atoms with E-state index in [-0.39, 0.29) is 11.6 Å². The van der Waals surface area contributed by atoms with Crippen LogP contribution in [0.15, 0.2) is 5.16 Å². The summed E-state index contributed by atoms with van der Waals surface area (Å²) in [5.74, 6) is 0.531. The van der Waals surface area contributed by atoms with Crippen LogP contribution < -0.4 is 5.32 Å². The van der Waals surface area contributed by atoms with Gasteiger partial charge in [0, 0.05) is 21.3 Å². The van der Waals surface area contributed by atoms with E-state index >= 15 is 0 Å². The molecule has 0 fully saturated rings. The number of amidine groups is 1. The molecule has 1 heterocycles. The Morgan fingerprint density at radius 3 is 2.61 bits per heavy atom. The number of carbonyl (C=O) groups excluding carboxylic acids is 1. The summed E-state index contributed by atoms with van der Waals surface area (Å²) in [6, 6.07) is -0.269. The van der Waals surface area contributed by atoms with E-state index in [0.29, 0.717) is 18.8 Å². The number of hydrogen-bond donors (Lipinski definition) is 1. The van der Waals surface area contributed by atoms with Crippen LogP contribution >= 0.6 is 0 Å². The number of ether oxygens (including phenoxy) is 2. The van der Waals surface area contributed by atoms with Crippen LogP contribution in [-0.2, 0) is 14.3 Å². The molecular weight excluding hydrogens is 238 g/mol. The lowest BCUT2D eigenvalue weighted by atomic mass is 10.1. The molecule has 0 saturated heterocycles. The minimum atomic E-state index is -0.445. The Balaban J connectivity index is 2.41. The SMILES string of the molecule is COC(CN(C)C(=O)NC1=NOC(C)(C)C1)OC. The van der Waals surface area contributed by atoms with Crippen LogP contribution in [-0.4, -0.2) is 56.5 Å². The van der Waals surface area contributed by atoms with E-state index in [4.69, 9.17) is 14.3 Å². The molecule has 0 bridgehead atoms. The van der Waals surface area contributed by atoms with Gasteiger partial charge in [0.05, 0.1) is 13.0 Å². The molecule has 0 aromatic carbocycles. The molecule has 0 atom stereocenters. The third-order valence-corrected chi connectivity index (χ3v) is 2.54. The normalized spacial score (nSPS) is 17.3. The lowest BCUT2D eigenvalue weighted by Crippen LogP contribution is -2.44. The molecule has 18 heavy (non-hydrogen) atoms. The second-order valence-corrected chi connectivity index (χ2v) is 4.78. The van der Waals surface area contributed by atoms with E-state index in [1.54, 1.807) is 7.05 Å². The molecule has 1 aliphatic rings. The average molecular weight is 259 g/mol. The topological polar surface area (TPSA) is 72.4 Å². The van der Waals surface area contributed by atoms with Crippen LogP contribution in [0.25, 0.3) is 0 Å². The van der Waals surface area contributed by atoms with Crippen LogP contribution in [0.4, 0.5) is 4.79 Å². The summed E-state index contributed by atoms with van der Waals surface area (Å²) in [6.45, 7) is 4.15. The van der Waals surface area contributed by atoms with Crippen LogP contribution in [0.3, 0.4) is 0 Å².